The van der Waals surface area contributed by atoms with Crippen molar-refractivity contribution in [3.63, 3.8) is 0 Å². The van der Waals surface area contributed by atoms with Gasteiger partial charge in [-0.15, -0.1) is 0 Å². The summed E-state index contributed by atoms with van der Waals surface area (Å²) < 4.78 is 12.4. The van der Waals surface area contributed by atoms with Crippen molar-refractivity contribution in [3.05, 3.63) is 96.0 Å². The maximum absolute atomic E-state index is 9.49. The van der Waals surface area contributed by atoms with Gasteiger partial charge in [-0.05, 0) is 34.0 Å². The zero-order valence-corrected chi connectivity index (χ0v) is 21.6. The summed E-state index contributed by atoms with van der Waals surface area (Å²) in [5.41, 5.74) is 4.78. The zero-order valence-electron chi connectivity index (χ0n) is 21.6. The highest BCUT2D eigenvalue weighted by atomic mass is 16.3. The highest BCUT2D eigenvalue weighted by Crippen LogP contribution is 2.47. The van der Waals surface area contributed by atoms with Crippen LogP contribution >= 0.6 is 0 Å². The van der Waals surface area contributed by atoms with Crippen LogP contribution in [0.1, 0.15) is 0 Å². The van der Waals surface area contributed by atoms with Crippen LogP contribution < -0.4 is 11.1 Å². The average Bonchev–Trinajstić information content (AvgIpc) is 3.67. The molecule has 0 N–H and O–H groups in total. The Morgan fingerprint density at radius 3 is 1.24 bits per heavy atom. The molecule has 0 bridgehead atoms. The monoisotopic (exact) mass is 538 g/mol. The molecule has 0 amide bonds. The Kier molecular flexibility index (Phi) is 5.48. The summed E-state index contributed by atoms with van der Waals surface area (Å²) in [4.78, 5) is 8.94. The van der Waals surface area contributed by atoms with Crippen molar-refractivity contribution in [3.8, 4) is 46.5 Å². The molecule has 7 rings (SSSR count). The van der Waals surface area contributed by atoms with E-state index < -0.39 is 0 Å². The van der Waals surface area contributed by atoms with Gasteiger partial charge >= 0.3 is 0 Å². The molecule has 192 valence electrons. The number of hydrogen-bond donors (Lipinski definition) is 0. The average molecular weight is 539 g/mol. The van der Waals surface area contributed by atoms with E-state index in [9.17, 15) is 21.0 Å². The van der Waals surface area contributed by atoms with Gasteiger partial charge in [-0.25, -0.2) is 9.97 Å². The number of oxazole rings is 2. The summed E-state index contributed by atoms with van der Waals surface area (Å²) in [6, 6.07) is 34.5. The molecule has 0 radical (unpaired) electrons. The minimum Gasteiger partial charge on any atom is -0.434 e. The number of benzene rings is 5. The van der Waals surface area contributed by atoms with Gasteiger partial charge in [0.05, 0.1) is 0 Å². The van der Waals surface area contributed by atoms with Crippen molar-refractivity contribution in [1.29, 1.82) is 21.0 Å². The summed E-state index contributed by atoms with van der Waals surface area (Å²) in [7, 11) is 0. The molecule has 0 fully saturated rings. The quantitative estimate of drug-likeness (QED) is 0.243. The first-order valence-corrected chi connectivity index (χ1v) is 12.7. The first-order chi connectivity index (χ1) is 20.7. The second kappa shape index (κ2) is 9.47. The van der Waals surface area contributed by atoms with E-state index in [1.54, 1.807) is 12.1 Å². The molecule has 42 heavy (non-hydrogen) atoms. The molecule has 0 aliphatic carbocycles. The van der Waals surface area contributed by atoms with Crippen LogP contribution in [-0.4, -0.2) is 9.97 Å². The van der Waals surface area contributed by atoms with Crippen LogP contribution in [0, 0.1) is 45.3 Å². The summed E-state index contributed by atoms with van der Waals surface area (Å²) >= 11 is 0. The van der Waals surface area contributed by atoms with E-state index in [0.717, 1.165) is 43.8 Å². The third-order valence-corrected chi connectivity index (χ3v) is 7.15. The standard InChI is InChI=1S/C34H14N6O2/c35-15-21(16-36)33-39-25-14-12-24-28(20-9-5-2-6-10-20)30-23(11-13-26-32(30)42-34(40-26)22(17-37)18-38)27(29(24)31(25)41-33)19-7-3-1-4-8-19/h1-14H. The van der Waals surface area contributed by atoms with Crippen LogP contribution in [0.4, 0.5) is 0 Å². The number of aromatic nitrogens is 2. The minimum absolute atomic E-state index is 0.0470. The van der Waals surface area contributed by atoms with Gasteiger partial charge in [0.15, 0.2) is 22.3 Å². The second-order valence-corrected chi connectivity index (χ2v) is 9.39. The molecule has 7 aromatic rings. The molecule has 0 unspecified atom stereocenters. The maximum atomic E-state index is 9.49. The molecular weight excluding hydrogens is 524 g/mol. The number of rotatable bonds is 2. The van der Waals surface area contributed by atoms with Crippen LogP contribution in [0.5, 0.6) is 0 Å². The Morgan fingerprint density at radius 1 is 0.500 bits per heavy atom. The number of fused-ring (bicyclic) bond motifs is 6. The predicted molar refractivity (Wildman–Crippen MR) is 156 cm³/mol. The van der Waals surface area contributed by atoms with E-state index in [2.05, 4.69) is 9.97 Å². The molecule has 0 saturated carbocycles. The molecule has 0 spiro atoms. The Balaban J connectivity index is 1.82. The largest absolute Gasteiger partial charge is 0.434 e. The van der Waals surface area contributed by atoms with Crippen LogP contribution in [0.25, 0.3) is 77.1 Å². The lowest BCUT2D eigenvalue weighted by atomic mass is 9.85. The van der Waals surface area contributed by atoms with E-state index in [1.807, 2.05) is 97.1 Å². The highest BCUT2D eigenvalue weighted by Gasteiger charge is 2.24. The number of nitrogens with zero attached hydrogens (tertiary/aromatic N) is 6. The molecule has 0 saturated heterocycles. The van der Waals surface area contributed by atoms with Gasteiger partial charge < -0.3 is 8.83 Å². The fourth-order valence-corrected chi connectivity index (χ4v) is 5.43. The van der Waals surface area contributed by atoms with E-state index in [1.165, 1.54) is 0 Å². The first-order valence-electron chi connectivity index (χ1n) is 12.7. The van der Waals surface area contributed by atoms with Crippen LogP contribution in [0.15, 0.2) is 93.8 Å². The smallest absolute Gasteiger partial charge is 0.249 e. The fraction of sp³-hybridized carbons (Fsp3) is 0. The molecule has 0 aliphatic heterocycles. The van der Waals surface area contributed by atoms with E-state index >= 15 is 0 Å². The van der Waals surface area contributed by atoms with Gasteiger partial charge in [0.1, 0.15) is 35.3 Å². The van der Waals surface area contributed by atoms with Crippen molar-refractivity contribution >= 4 is 54.9 Å². The lowest BCUT2D eigenvalue weighted by Crippen LogP contribution is -2.03. The Bertz CT molecular complexity index is 2340. The van der Waals surface area contributed by atoms with Gasteiger partial charge in [-0.3, -0.25) is 0 Å². The van der Waals surface area contributed by atoms with Crippen molar-refractivity contribution < 1.29 is 8.83 Å². The van der Waals surface area contributed by atoms with Crippen LogP contribution in [0.2, 0.25) is 0 Å². The normalized spacial score (nSPS) is 10.8. The predicted octanol–water partition coefficient (Wildman–Crippen LogP) is 6.01. The highest BCUT2D eigenvalue weighted by molar-refractivity contribution is 6.30. The van der Waals surface area contributed by atoms with Gasteiger partial charge in [0.25, 0.3) is 0 Å². The Labute approximate surface area is 237 Å². The van der Waals surface area contributed by atoms with Crippen molar-refractivity contribution in [2.24, 2.45) is 0 Å². The van der Waals surface area contributed by atoms with Crippen LogP contribution in [-0.2, 0) is 0 Å². The van der Waals surface area contributed by atoms with E-state index in [0.29, 0.717) is 22.2 Å². The summed E-state index contributed by atoms with van der Waals surface area (Å²) in [5, 5.41) is 41.1. The lowest BCUT2D eigenvalue weighted by Gasteiger charge is -2.17. The molecule has 8 nitrogen and oxygen atoms in total. The summed E-state index contributed by atoms with van der Waals surface area (Å²) in [6.07, 6.45) is 0. The van der Waals surface area contributed by atoms with Gasteiger partial charge in [-0.2, -0.15) is 21.0 Å². The van der Waals surface area contributed by atoms with Crippen LogP contribution in [0.3, 0.4) is 0 Å². The van der Waals surface area contributed by atoms with Crippen molar-refractivity contribution in [2.75, 3.05) is 0 Å². The number of hydrogen-bond acceptors (Lipinski definition) is 8. The topological polar surface area (TPSA) is 147 Å². The third kappa shape index (κ3) is 3.51. The molecular formula is C34H14N6O2. The Hall–Kier alpha value is -6.74. The first kappa shape index (κ1) is 24.3. The zero-order chi connectivity index (χ0) is 28.8. The van der Waals surface area contributed by atoms with Gasteiger partial charge in [0.2, 0.25) is 11.1 Å². The molecule has 2 heterocycles. The summed E-state index contributed by atoms with van der Waals surface area (Å²) in [6.45, 7) is 0. The molecule has 2 aromatic heterocycles. The van der Waals surface area contributed by atoms with Crippen molar-refractivity contribution in [2.45, 2.75) is 0 Å². The second-order valence-electron chi connectivity index (χ2n) is 9.39. The maximum Gasteiger partial charge on any atom is 0.249 e. The SMILES string of the molecule is N#CC(C#N)=c1nc2ccc3c(-c4ccccc4)c4c(ccc5nc(=C(C#N)C#N)oc54)c(-c4ccccc4)c3c2o1. The molecule has 8 heteroatoms. The Morgan fingerprint density at radius 2 is 0.881 bits per heavy atom. The minimum atomic E-state index is -0.220. The molecule has 5 aromatic carbocycles. The summed E-state index contributed by atoms with van der Waals surface area (Å²) in [5.74, 6) is 0. The third-order valence-electron chi connectivity index (χ3n) is 7.15. The fourth-order valence-electron chi connectivity index (χ4n) is 5.43. The number of nitriles is 4. The van der Waals surface area contributed by atoms with Gasteiger partial charge in [0, 0.05) is 21.9 Å². The lowest BCUT2D eigenvalue weighted by molar-refractivity contribution is 0.561. The van der Waals surface area contributed by atoms with E-state index in [-0.39, 0.29) is 22.2 Å². The van der Waals surface area contributed by atoms with Gasteiger partial charge in [-0.1, -0.05) is 72.8 Å². The molecule has 0 atom stereocenters. The molecule has 0 aliphatic rings. The van der Waals surface area contributed by atoms with Crippen molar-refractivity contribution in [1.82, 2.24) is 9.97 Å². The van der Waals surface area contributed by atoms with E-state index in [4.69, 9.17) is 8.83 Å².